The van der Waals surface area contributed by atoms with Crippen molar-refractivity contribution in [2.24, 2.45) is 0 Å². The molecule has 1 aliphatic rings. The fourth-order valence-electron chi connectivity index (χ4n) is 4.20. The number of fused-ring (bicyclic) bond motifs is 1. The number of nitrogens with zero attached hydrogens (tertiary/aromatic N) is 2. The Morgan fingerprint density at radius 3 is 2.50 bits per heavy atom. The normalized spacial score (nSPS) is 15.0. The molecule has 0 aliphatic heterocycles. The summed E-state index contributed by atoms with van der Waals surface area (Å²) < 4.78 is 13.4. The third-order valence-corrected chi connectivity index (χ3v) is 5.69. The standard InChI is InChI=1S/C23H26N2O3/c1-15(26)16-9-12-21-20(13-16)24-23(25(21)17-7-5-4-6-8-17)19-11-10-18(27-2)14-22(19)28-3/h9-14,17H,4-8H2,1-3H3. The fourth-order valence-corrected chi connectivity index (χ4v) is 4.20. The first-order valence-electron chi connectivity index (χ1n) is 9.87. The maximum Gasteiger partial charge on any atom is 0.159 e. The van der Waals surface area contributed by atoms with Crippen LogP contribution in [0.4, 0.5) is 0 Å². The van der Waals surface area contributed by atoms with Crippen molar-refractivity contribution in [3.8, 4) is 22.9 Å². The highest BCUT2D eigenvalue weighted by molar-refractivity contribution is 5.97. The first-order valence-corrected chi connectivity index (χ1v) is 9.87. The van der Waals surface area contributed by atoms with Crippen LogP contribution in [0.25, 0.3) is 22.4 Å². The number of hydrogen-bond acceptors (Lipinski definition) is 4. The van der Waals surface area contributed by atoms with Crippen LogP contribution < -0.4 is 9.47 Å². The average molecular weight is 378 g/mol. The lowest BCUT2D eigenvalue weighted by atomic mass is 9.94. The lowest BCUT2D eigenvalue weighted by Gasteiger charge is -2.26. The largest absolute Gasteiger partial charge is 0.497 e. The third-order valence-electron chi connectivity index (χ3n) is 5.69. The number of rotatable bonds is 5. The van der Waals surface area contributed by atoms with E-state index in [1.165, 1.54) is 19.3 Å². The highest BCUT2D eigenvalue weighted by atomic mass is 16.5. The molecule has 0 unspecified atom stereocenters. The number of benzene rings is 2. The molecule has 0 atom stereocenters. The summed E-state index contributed by atoms with van der Waals surface area (Å²) in [5.74, 6) is 2.43. The monoisotopic (exact) mass is 378 g/mol. The minimum absolute atomic E-state index is 0.0534. The van der Waals surface area contributed by atoms with Crippen LogP contribution in [-0.2, 0) is 0 Å². The van der Waals surface area contributed by atoms with Gasteiger partial charge in [-0.15, -0.1) is 0 Å². The van der Waals surface area contributed by atoms with E-state index in [2.05, 4.69) is 4.57 Å². The average Bonchev–Trinajstić information content (AvgIpc) is 3.12. The van der Waals surface area contributed by atoms with Gasteiger partial charge in [0.1, 0.15) is 17.3 Å². The van der Waals surface area contributed by atoms with Gasteiger partial charge < -0.3 is 14.0 Å². The number of Topliss-reactive ketones (excluding diaryl/α,β-unsaturated/α-hetero) is 1. The Morgan fingerprint density at radius 1 is 1.04 bits per heavy atom. The van der Waals surface area contributed by atoms with Crippen LogP contribution >= 0.6 is 0 Å². The fraction of sp³-hybridized carbons (Fsp3) is 0.391. The van der Waals surface area contributed by atoms with E-state index in [-0.39, 0.29) is 5.78 Å². The van der Waals surface area contributed by atoms with Crippen molar-refractivity contribution in [3.05, 3.63) is 42.0 Å². The number of ketones is 1. The molecule has 0 saturated heterocycles. The molecule has 0 spiro atoms. The van der Waals surface area contributed by atoms with Crippen molar-refractivity contribution < 1.29 is 14.3 Å². The molecule has 0 N–H and O–H groups in total. The Balaban J connectivity index is 1.94. The van der Waals surface area contributed by atoms with Gasteiger partial charge in [0.15, 0.2) is 5.78 Å². The van der Waals surface area contributed by atoms with Crippen LogP contribution in [0, 0.1) is 0 Å². The van der Waals surface area contributed by atoms with Crippen LogP contribution in [-0.4, -0.2) is 29.6 Å². The molecule has 3 aromatic rings. The second-order valence-electron chi connectivity index (χ2n) is 7.42. The van der Waals surface area contributed by atoms with Crippen molar-refractivity contribution in [1.82, 2.24) is 9.55 Å². The summed E-state index contributed by atoms with van der Waals surface area (Å²) >= 11 is 0. The lowest BCUT2D eigenvalue weighted by molar-refractivity contribution is 0.101. The Morgan fingerprint density at radius 2 is 1.82 bits per heavy atom. The topological polar surface area (TPSA) is 53.3 Å². The summed E-state index contributed by atoms with van der Waals surface area (Å²) in [6, 6.07) is 12.1. The van der Waals surface area contributed by atoms with Crippen LogP contribution in [0.3, 0.4) is 0 Å². The van der Waals surface area contributed by atoms with Gasteiger partial charge in [0.05, 0.1) is 30.8 Å². The maximum absolute atomic E-state index is 11.9. The molecule has 0 amide bonds. The van der Waals surface area contributed by atoms with Gasteiger partial charge in [-0.2, -0.15) is 0 Å². The van der Waals surface area contributed by atoms with Crippen LogP contribution in [0.1, 0.15) is 55.4 Å². The van der Waals surface area contributed by atoms with E-state index < -0.39 is 0 Å². The molecule has 1 saturated carbocycles. The van der Waals surface area contributed by atoms with Crippen molar-refractivity contribution >= 4 is 16.8 Å². The Kier molecular flexibility index (Phi) is 5.07. The first kappa shape index (κ1) is 18.5. The molecule has 1 aliphatic carbocycles. The first-order chi connectivity index (χ1) is 13.6. The van der Waals surface area contributed by atoms with E-state index in [1.54, 1.807) is 21.1 Å². The zero-order valence-electron chi connectivity index (χ0n) is 16.7. The van der Waals surface area contributed by atoms with E-state index in [0.717, 1.165) is 46.8 Å². The molecule has 4 rings (SSSR count). The van der Waals surface area contributed by atoms with Crippen molar-refractivity contribution in [2.75, 3.05) is 14.2 Å². The Labute approximate surface area is 165 Å². The number of methoxy groups -OCH3 is 2. The summed E-state index contributed by atoms with van der Waals surface area (Å²) in [4.78, 5) is 16.8. The van der Waals surface area contributed by atoms with Gasteiger partial charge in [-0.1, -0.05) is 19.3 Å². The minimum Gasteiger partial charge on any atom is -0.497 e. The van der Waals surface area contributed by atoms with Gasteiger partial charge in [-0.05, 0) is 50.1 Å². The molecule has 1 fully saturated rings. The van der Waals surface area contributed by atoms with Gasteiger partial charge in [0.2, 0.25) is 0 Å². The second kappa shape index (κ2) is 7.66. The van der Waals surface area contributed by atoms with Gasteiger partial charge in [0.25, 0.3) is 0 Å². The number of carbonyl (C=O) groups excluding carboxylic acids is 1. The summed E-state index contributed by atoms with van der Waals surface area (Å²) in [6.45, 7) is 1.59. The molecule has 146 valence electrons. The number of hydrogen-bond donors (Lipinski definition) is 0. The van der Waals surface area contributed by atoms with E-state index in [1.807, 2.05) is 36.4 Å². The summed E-state index contributed by atoms with van der Waals surface area (Å²) in [7, 11) is 3.31. The van der Waals surface area contributed by atoms with E-state index in [4.69, 9.17) is 14.5 Å². The number of ether oxygens (including phenoxy) is 2. The summed E-state index contributed by atoms with van der Waals surface area (Å²) in [5, 5.41) is 0. The van der Waals surface area contributed by atoms with Crippen LogP contribution in [0.15, 0.2) is 36.4 Å². The molecule has 5 nitrogen and oxygen atoms in total. The van der Waals surface area contributed by atoms with Gasteiger partial charge in [0, 0.05) is 17.7 Å². The zero-order chi connectivity index (χ0) is 19.7. The maximum atomic E-state index is 11.9. The predicted octanol–water partition coefficient (Wildman–Crippen LogP) is 5.43. The Hall–Kier alpha value is -2.82. The van der Waals surface area contributed by atoms with E-state index in [0.29, 0.717) is 11.6 Å². The van der Waals surface area contributed by atoms with Crippen molar-refractivity contribution in [3.63, 3.8) is 0 Å². The molecule has 0 bridgehead atoms. The van der Waals surface area contributed by atoms with Gasteiger partial charge >= 0.3 is 0 Å². The second-order valence-corrected chi connectivity index (χ2v) is 7.42. The van der Waals surface area contributed by atoms with Crippen LogP contribution in [0.2, 0.25) is 0 Å². The molecular formula is C23H26N2O3. The zero-order valence-corrected chi connectivity index (χ0v) is 16.7. The number of carbonyl (C=O) groups is 1. The van der Waals surface area contributed by atoms with Crippen LogP contribution in [0.5, 0.6) is 11.5 Å². The lowest BCUT2D eigenvalue weighted by Crippen LogP contribution is -2.14. The molecule has 28 heavy (non-hydrogen) atoms. The molecule has 5 heteroatoms. The smallest absolute Gasteiger partial charge is 0.159 e. The quantitative estimate of drug-likeness (QED) is 0.556. The van der Waals surface area contributed by atoms with Crippen molar-refractivity contribution in [1.29, 1.82) is 0 Å². The summed E-state index contributed by atoms with van der Waals surface area (Å²) in [5.41, 5.74) is 3.56. The predicted molar refractivity (Wildman–Crippen MR) is 110 cm³/mol. The third kappa shape index (κ3) is 3.26. The number of aromatic nitrogens is 2. The highest BCUT2D eigenvalue weighted by Gasteiger charge is 2.24. The molecule has 0 radical (unpaired) electrons. The minimum atomic E-state index is 0.0534. The summed E-state index contributed by atoms with van der Waals surface area (Å²) in [6.07, 6.45) is 6.04. The number of imidazole rings is 1. The Bertz CT molecular complexity index is 1020. The van der Waals surface area contributed by atoms with Crippen molar-refractivity contribution in [2.45, 2.75) is 45.1 Å². The van der Waals surface area contributed by atoms with E-state index >= 15 is 0 Å². The van der Waals surface area contributed by atoms with Gasteiger partial charge in [-0.3, -0.25) is 4.79 Å². The molecule has 2 aromatic carbocycles. The molecule has 1 aromatic heterocycles. The molecular weight excluding hydrogens is 352 g/mol. The highest BCUT2D eigenvalue weighted by Crippen LogP contribution is 2.39. The SMILES string of the molecule is COc1ccc(-c2nc3cc(C(C)=O)ccc3n2C2CCCCC2)c(OC)c1. The van der Waals surface area contributed by atoms with E-state index in [9.17, 15) is 4.79 Å². The molecule has 1 heterocycles. The van der Waals surface area contributed by atoms with Gasteiger partial charge in [-0.25, -0.2) is 4.98 Å².